The number of carbonyl (C=O) groups is 1. The Balaban J connectivity index is 2.37. The van der Waals surface area contributed by atoms with Gasteiger partial charge in [-0.3, -0.25) is 4.79 Å². The predicted molar refractivity (Wildman–Crippen MR) is 71.9 cm³/mol. The van der Waals surface area contributed by atoms with E-state index in [0.717, 1.165) is 23.4 Å². The molecule has 0 saturated carbocycles. The summed E-state index contributed by atoms with van der Waals surface area (Å²) >= 11 is 0. The van der Waals surface area contributed by atoms with E-state index in [0.29, 0.717) is 19.5 Å². The highest BCUT2D eigenvalue weighted by atomic mass is 16.5. The Hall–Kier alpha value is -1.55. The van der Waals surface area contributed by atoms with E-state index in [4.69, 9.17) is 10.5 Å². The first-order valence-corrected chi connectivity index (χ1v) is 6.45. The Bertz CT molecular complexity index is 445. The summed E-state index contributed by atoms with van der Waals surface area (Å²) in [4.78, 5) is 13.8. The molecule has 2 rings (SSSR count). The zero-order valence-electron chi connectivity index (χ0n) is 11.0. The maximum Gasteiger partial charge on any atom is 0.226 e. The summed E-state index contributed by atoms with van der Waals surface area (Å²) in [7, 11) is 0. The van der Waals surface area contributed by atoms with Crippen molar-refractivity contribution in [3.8, 4) is 5.75 Å². The third-order valence-electron chi connectivity index (χ3n) is 3.12. The third-order valence-corrected chi connectivity index (χ3v) is 3.12. The van der Waals surface area contributed by atoms with Gasteiger partial charge in [0.25, 0.3) is 0 Å². The molecule has 1 aromatic carbocycles. The SMILES string of the molecule is CCC(=O)N1CC(C)Oc2ccc(CCN)cc21. The molecule has 1 unspecified atom stereocenters. The molecule has 4 heteroatoms. The van der Waals surface area contributed by atoms with Crippen LogP contribution in [0.4, 0.5) is 5.69 Å². The topological polar surface area (TPSA) is 55.6 Å². The maximum atomic E-state index is 12.0. The van der Waals surface area contributed by atoms with Crippen LogP contribution in [-0.4, -0.2) is 25.1 Å². The van der Waals surface area contributed by atoms with Crippen molar-refractivity contribution in [2.24, 2.45) is 5.73 Å². The summed E-state index contributed by atoms with van der Waals surface area (Å²) in [6.45, 7) is 5.09. The summed E-state index contributed by atoms with van der Waals surface area (Å²) in [6.07, 6.45) is 1.36. The zero-order valence-corrected chi connectivity index (χ0v) is 11.0. The van der Waals surface area contributed by atoms with Crippen molar-refractivity contribution in [2.75, 3.05) is 18.0 Å². The van der Waals surface area contributed by atoms with Crippen LogP contribution in [0.25, 0.3) is 0 Å². The molecule has 1 aliphatic heterocycles. The molecule has 0 saturated heterocycles. The van der Waals surface area contributed by atoms with Crippen molar-refractivity contribution in [3.63, 3.8) is 0 Å². The minimum atomic E-state index is 0.0355. The fourth-order valence-electron chi connectivity index (χ4n) is 2.23. The van der Waals surface area contributed by atoms with Gasteiger partial charge in [0.15, 0.2) is 0 Å². The van der Waals surface area contributed by atoms with E-state index < -0.39 is 0 Å². The van der Waals surface area contributed by atoms with E-state index in [1.165, 1.54) is 0 Å². The average Bonchev–Trinajstić information content (AvgIpc) is 2.37. The Kier molecular flexibility index (Phi) is 3.87. The molecule has 1 aliphatic rings. The number of ether oxygens (including phenoxy) is 1. The normalized spacial score (nSPS) is 18.2. The molecule has 0 radical (unpaired) electrons. The highest BCUT2D eigenvalue weighted by Crippen LogP contribution is 2.34. The summed E-state index contributed by atoms with van der Waals surface area (Å²) < 4.78 is 5.76. The lowest BCUT2D eigenvalue weighted by molar-refractivity contribution is -0.118. The monoisotopic (exact) mass is 248 g/mol. The molecule has 1 atom stereocenters. The van der Waals surface area contributed by atoms with Gasteiger partial charge in [0.2, 0.25) is 5.91 Å². The first-order chi connectivity index (χ1) is 8.65. The Labute approximate surface area is 108 Å². The molecule has 1 heterocycles. The van der Waals surface area contributed by atoms with Crippen molar-refractivity contribution in [2.45, 2.75) is 32.8 Å². The molecule has 2 N–H and O–H groups in total. The van der Waals surface area contributed by atoms with Crippen LogP contribution in [0.3, 0.4) is 0 Å². The fraction of sp³-hybridized carbons (Fsp3) is 0.500. The second-order valence-electron chi connectivity index (χ2n) is 4.63. The van der Waals surface area contributed by atoms with Crippen LogP contribution in [0.2, 0.25) is 0 Å². The molecule has 18 heavy (non-hydrogen) atoms. The average molecular weight is 248 g/mol. The van der Waals surface area contributed by atoms with Gasteiger partial charge in [-0.15, -0.1) is 0 Å². The minimum absolute atomic E-state index is 0.0355. The van der Waals surface area contributed by atoms with Crippen molar-refractivity contribution in [3.05, 3.63) is 23.8 Å². The van der Waals surface area contributed by atoms with E-state index in [1.807, 2.05) is 36.9 Å². The number of amides is 1. The summed E-state index contributed by atoms with van der Waals surface area (Å²) in [6, 6.07) is 5.96. The number of anilines is 1. The second-order valence-corrected chi connectivity index (χ2v) is 4.63. The first-order valence-electron chi connectivity index (χ1n) is 6.45. The second kappa shape index (κ2) is 5.40. The smallest absolute Gasteiger partial charge is 0.226 e. The number of nitrogens with two attached hydrogens (primary N) is 1. The maximum absolute atomic E-state index is 12.0. The van der Waals surface area contributed by atoms with Crippen molar-refractivity contribution >= 4 is 11.6 Å². The molecule has 0 aromatic heterocycles. The number of hydrogen-bond acceptors (Lipinski definition) is 3. The lowest BCUT2D eigenvalue weighted by Crippen LogP contribution is -2.42. The van der Waals surface area contributed by atoms with Gasteiger partial charge in [-0.05, 0) is 37.6 Å². The molecule has 4 nitrogen and oxygen atoms in total. The third kappa shape index (κ3) is 2.48. The predicted octanol–water partition coefficient (Wildman–Crippen LogP) is 1.71. The summed E-state index contributed by atoms with van der Waals surface area (Å²) in [5.74, 6) is 0.924. The molecule has 0 bridgehead atoms. The van der Waals surface area contributed by atoms with E-state index in [9.17, 15) is 4.79 Å². The molecular weight excluding hydrogens is 228 g/mol. The van der Waals surface area contributed by atoms with Crippen molar-refractivity contribution in [1.29, 1.82) is 0 Å². The lowest BCUT2D eigenvalue weighted by atomic mass is 10.1. The van der Waals surface area contributed by atoms with E-state index in [2.05, 4.69) is 0 Å². The van der Waals surface area contributed by atoms with Gasteiger partial charge in [0, 0.05) is 6.42 Å². The van der Waals surface area contributed by atoms with Crippen LogP contribution in [0.15, 0.2) is 18.2 Å². The number of benzene rings is 1. The standard InChI is InChI=1S/C14H20N2O2/c1-3-14(17)16-9-10(2)18-13-5-4-11(6-7-15)8-12(13)16/h4-5,8,10H,3,6-7,9,15H2,1-2H3. The quantitative estimate of drug-likeness (QED) is 0.886. The van der Waals surface area contributed by atoms with Gasteiger partial charge >= 0.3 is 0 Å². The number of hydrogen-bond donors (Lipinski definition) is 1. The molecule has 1 amide bonds. The van der Waals surface area contributed by atoms with Gasteiger partial charge in [-0.1, -0.05) is 13.0 Å². The highest BCUT2D eigenvalue weighted by molar-refractivity contribution is 5.95. The van der Waals surface area contributed by atoms with Gasteiger partial charge < -0.3 is 15.4 Å². The Morgan fingerprint density at radius 2 is 2.33 bits per heavy atom. The number of carbonyl (C=O) groups excluding carboxylic acids is 1. The number of nitrogens with zero attached hydrogens (tertiary/aromatic N) is 1. The van der Waals surface area contributed by atoms with E-state index >= 15 is 0 Å². The van der Waals surface area contributed by atoms with Crippen LogP contribution in [-0.2, 0) is 11.2 Å². The Morgan fingerprint density at radius 3 is 3.00 bits per heavy atom. The van der Waals surface area contributed by atoms with Gasteiger partial charge in [-0.25, -0.2) is 0 Å². The molecular formula is C14H20N2O2. The zero-order chi connectivity index (χ0) is 13.1. The molecule has 98 valence electrons. The largest absolute Gasteiger partial charge is 0.487 e. The van der Waals surface area contributed by atoms with Crippen molar-refractivity contribution in [1.82, 2.24) is 0 Å². The molecule has 0 aliphatic carbocycles. The van der Waals surface area contributed by atoms with Gasteiger partial charge in [0.05, 0.1) is 12.2 Å². The number of fused-ring (bicyclic) bond motifs is 1. The molecule has 1 aromatic rings. The first kappa shape index (κ1) is 12.9. The van der Waals surface area contributed by atoms with E-state index in [1.54, 1.807) is 0 Å². The number of rotatable bonds is 3. The molecule has 0 spiro atoms. The van der Waals surface area contributed by atoms with Crippen LogP contribution in [0.5, 0.6) is 5.75 Å². The van der Waals surface area contributed by atoms with Gasteiger partial charge in [-0.2, -0.15) is 0 Å². The summed E-state index contributed by atoms with van der Waals surface area (Å²) in [5.41, 5.74) is 7.59. The van der Waals surface area contributed by atoms with Crippen molar-refractivity contribution < 1.29 is 9.53 Å². The van der Waals surface area contributed by atoms with Crippen LogP contribution in [0.1, 0.15) is 25.8 Å². The lowest BCUT2D eigenvalue weighted by Gasteiger charge is -2.33. The Morgan fingerprint density at radius 1 is 1.56 bits per heavy atom. The highest BCUT2D eigenvalue weighted by Gasteiger charge is 2.26. The van der Waals surface area contributed by atoms with Gasteiger partial charge in [0.1, 0.15) is 11.9 Å². The fourth-order valence-corrected chi connectivity index (χ4v) is 2.23. The minimum Gasteiger partial charge on any atom is -0.487 e. The van der Waals surface area contributed by atoms with Crippen LogP contribution < -0.4 is 15.4 Å². The van der Waals surface area contributed by atoms with E-state index in [-0.39, 0.29) is 12.0 Å². The van der Waals surface area contributed by atoms with Crippen LogP contribution >= 0.6 is 0 Å². The summed E-state index contributed by atoms with van der Waals surface area (Å²) in [5, 5.41) is 0. The van der Waals surface area contributed by atoms with Crippen LogP contribution in [0, 0.1) is 0 Å². The molecule has 0 fully saturated rings.